The molecule has 172 valence electrons. The molecule has 0 atom stereocenters. The number of piperazine rings is 1. The third kappa shape index (κ3) is 4.77. The Kier molecular flexibility index (Phi) is 6.13. The van der Waals surface area contributed by atoms with Crippen LogP contribution < -0.4 is 0 Å². The van der Waals surface area contributed by atoms with Gasteiger partial charge in [0.15, 0.2) is 0 Å². The number of amides is 1. The van der Waals surface area contributed by atoms with Gasteiger partial charge in [-0.15, -0.1) is 11.3 Å². The summed E-state index contributed by atoms with van der Waals surface area (Å²) in [6, 6.07) is 14.9. The summed E-state index contributed by atoms with van der Waals surface area (Å²) in [5.74, 6) is -0.197. The van der Waals surface area contributed by atoms with Crippen molar-refractivity contribution < 1.29 is 13.2 Å². The van der Waals surface area contributed by atoms with E-state index in [1.807, 2.05) is 35.5 Å². The molecule has 2 aromatic carbocycles. The molecule has 1 amide bonds. The highest BCUT2D eigenvalue weighted by atomic mass is 35.5. The van der Waals surface area contributed by atoms with E-state index in [0.29, 0.717) is 18.1 Å². The van der Waals surface area contributed by atoms with E-state index in [-0.39, 0.29) is 23.2 Å². The van der Waals surface area contributed by atoms with E-state index in [1.165, 1.54) is 22.1 Å². The number of hydrogen-bond donors (Lipinski definition) is 0. The summed E-state index contributed by atoms with van der Waals surface area (Å²) in [6.07, 6.45) is 3.04. The smallest absolute Gasteiger partial charge is 0.253 e. The molecule has 2 aliphatic heterocycles. The van der Waals surface area contributed by atoms with Gasteiger partial charge in [0, 0.05) is 42.4 Å². The van der Waals surface area contributed by atoms with Gasteiger partial charge < -0.3 is 4.90 Å². The van der Waals surface area contributed by atoms with Crippen molar-refractivity contribution in [2.24, 2.45) is 5.10 Å². The number of benzene rings is 2. The molecule has 3 aromatic rings. The summed E-state index contributed by atoms with van der Waals surface area (Å²) >= 11 is 7.20. The molecule has 0 radical (unpaired) electrons. The molecular weight excluding hydrogens is 480 g/mol. The van der Waals surface area contributed by atoms with E-state index < -0.39 is 10.0 Å². The normalized spacial score (nSPS) is 17.8. The number of fused-ring (bicyclic) bond motifs is 1. The molecular formula is C23H23ClN4O3S2. The van der Waals surface area contributed by atoms with Gasteiger partial charge in [0.25, 0.3) is 10.0 Å². The predicted molar refractivity (Wildman–Crippen MR) is 131 cm³/mol. The Balaban J connectivity index is 1.22. The molecule has 7 nitrogen and oxygen atoms in total. The van der Waals surface area contributed by atoms with Crippen LogP contribution in [0.15, 0.2) is 57.8 Å². The molecule has 10 heteroatoms. The van der Waals surface area contributed by atoms with Crippen molar-refractivity contribution in [1.82, 2.24) is 14.2 Å². The minimum Gasteiger partial charge on any atom is -0.336 e. The Morgan fingerprint density at radius 1 is 1.03 bits per heavy atom. The number of carbonyl (C=O) groups is 1. The highest BCUT2D eigenvalue weighted by molar-refractivity contribution is 7.91. The van der Waals surface area contributed by atoms with Crippen molar-refractivity contribution in [1.29, 1.82) is 0 Å². The van der Waals surface area contributed by atoms with Gasteiger partial charge in [-0.25, -0.2) is 8.42 Å². The average Bonchev–Trinajstić information content (AvgIpc) is 3.19. The van der Waals surface area contributed by atoms with Crippen LogP contribution in [0.2, 0.25) is 5.02 Å². The zero-order valence-corrected chi connectivity index (χ0v) is 20.2. The van der Waals surface area contributed by atoms with Gasteiger partial charge >= 0.3 is 0 Å². The first-order chi connectivity index (χ1) is 15.9. The molecule has 2 fully saturated rings. The molecule has 5 rings (SSSR count). The largest absolute Gasteiger partial charge is 0.336 e. The van der Waals surface area contributed by atoms with E-state index in [1.54, 1.807) is 29.2 Å². The molecule has 2 saturated heterocycles. The lowest BCUT2D eigenvalue weighted by atomic mass is 10.1. The van der Waals surface area contributed by atoms with Crippen molar-refractivity contribution in [2.75, 3.05) is 32.7 Å². The quantitative estimate of drug-likeness (QED) is 0.482. The maximum Gasteiger partial charge on any atom is 0.253 e. The van der Waals surface area contributed by atoms with Crippen LogP contribution in [0.1, 0.15) is 17.5 Å². The first kappa shape index (κ1) is 22.3. The van der Waals surface area contributed by atoms with E-state index >= 15 is 0 Å². The van der Waals surface area contributed by atoms with Crippen molar-refractivity contribution in [2.45, 2.75) is 17.2 Å². The van der Waals surface area contributed by atoms with Gasteiger partial charge in [-0.1, -0.05) is 41.9 Å². The fourth-order valence-corrected chi connectivity index (χ4v) is 7.00. The van der Waals surface area contributed by atoms with Gasteiger partial charge in [0.05, 0.1) is 12.8 Å². The summed E-state index contributed by atoms with van der Waals surface area (Å²) in [6.45, 7) is 2.94. The Morgan fingerprint density at radius 3 is 2.52 bits per heavy atom. The second-order valence-electron chi connectivity index (χ2n) is 8.19. The van der Waals surface area contributed by atoms with E-state index in [2.05, 4.69) is 5.10 Å². The van der Waals surface area contributed by atoms with Crippen molar-refractivity contribution >= 4 is 55.2 Å². The van der Waals surface area contributed by atoms with Crippen molar-refractivity contribution in [3.05, 3.63) is 64.7 Å². The van der Waals surface area contributed by atoms with E-state index in [4.69, 9.17) is 11.6 Å². The Labute approximate surface area is 201 Å². The molecule has 0 saturated carbocycles. The Bertz CT molecular complexity index is 1320. The maximum atomic E-state index is 13.1. The number of nitrogens with zero attached hydrogens (tertiary/aromatic N) is 4. The van der Waals surface area contributed by atoms with Gasteiger partial charge in [0.2, 0.25) is 5.91 Å². The molecule has 1 aromatic heterocycles. The molecule has 0 aliphatic carbocycles. The third-order valence-corrected chi connectivity index (χ3v) is 9.52. The molecule has 3 heterocycles. The highest BCUT2D eigenvalue weighted by Crippen LogP contribution is 2.33. The van der Waals surface area contributed by atoms with Crippen molar-refractivity contribution in [3.8, 4) is 0 Å². The zero-order valence-electron chi connectivity index (χ0n) is 17.9. The summed E-state index contributed by atoms with van der Waals surface area (Å²) in [7, 11) is -3.74. The average molecular weight is 503 g/mol. The van der Waals surface area contributed by atoms with Crippen LogP contribution in [0, 0.1) is 0 Å². The highest BCUT2D eigenvalue weighted by Gasteiger charge is 2.33. The topological polar surface area (TPSA) is 73.3 Å². The predicted octanol–water partition coefficient (Wildman–Crippen LogP) is 3.63. The number of thiophene rings is 1. The summed E-state index contributed by atoms with van der Waals surface area (Å²) in [4.78, 5) is 14.5. The van der Waals surface area contributed by atoms with E-state index in [9.17, 15) is 13.2 Å². The van der Waals surface area contributed by atoms with Gasteiger partial charge in [0.1, 0.15) is 4.21 Å². The van der Waals surface area contributed by atoms with Crippen LogP contribution in [0.25, 0.3) is 10.1 Å². The number of rotatable bonds is 6. The molecule has 0 N–H and O–H groups in total. The van der Waals surface area contributed by atoms with Crippen LogP contribution in [0.5, 0.6) is 0 Å². The monoisotopic (exact) mass is 502 g/mol. The van der Waals surface area contributed by atoms with Gasteiger partial charge in [-0.2, -0.15) is 9.41 Å². The fourth-order valence-electron chi connectivity index (χ4n) is 3.79. The van der Waals surface area contributed by atoms with Crippen LogP contribution in [0.3, 0.4) is 0 Å². The Hall–Kier alpha value is -2.46. The minimum absolute atomic E-state index is 0.155. The summed E-state index contributed by atoms with van der Waals surface area (Å²) in [5, 5.41) is 7.82. The first-order valence-corrected chi connectivity index (χ1v) is 13.4. The first-order valence-electron chi connectivity index (χ1n) is 10.7. The van der Waals surface area contributed by atoms with Crippen molar-refractivity contribution in [3.63, 3.8) is 0 Å². The lowest BCUT2D eigenvalue weighted by molar-refractivity contribution is -0.134. The second-order valence-corrected chi connectivity index (χ2v) is 11.9. The lowest BCUT2D eigenvalue weighted by Crippen LogP contribution is -2.51. The molecule has 2 aliphatic rings. The molecule has 0 unspecified atom stereocenters. The number of hydrazone groups is 1. The van der Waals surface area contributed by atoms with E-state index in [0.717, 1.165) is 34.3 Å². The Morgan fingerprint density at radius 2 is 1.82 bits per heavy atom. The number of halogens is 1. The van der Waals surface area contributed by atoms with Gasteiger partial charge in [-0.05, 0) is 41.1 Å². The number of hydrogen-bond acceptors (Lipinski definition) is 6. The van der Waals surface area contributed by atoms with Gasteiger partial charge in [-0.3, -0.25) is 9.80 Å². The molecule has 33 heavy (non-hydrogen) atoms. The fraction of sp³-hybridized carbons (Fsp3) is 0.304. The van der Waals surface area contributed by atoms with Crippen LogP contribution >= 0.6 is 22.9 Å². The summed E-state index contributed by atoms with van der Waals surface area (Å²) in [5.41, 5.74) is 2.01. The number of sulfonamides is 1. The SMILES string of the molecule is O=C1CN(S(=O)(=O)c2cc3ccc(Cl)cc3s2)CCN1Cc1ccc(/C=N/N2CCC2)cc1. The second kappa shape index (κ2) is 9.06. The molecule has 0 bridgehead atoms. The van der Waals surface area contributed by atoms with Crippen LogP contribution in [-0.4, -0.2) is 67.5 Å². The lowest BCUT2D eigenvalue weighted by Gasteiger charge is -2.33. The summed E-state index contributed by atoms with van der Waals surface area (Å²) < 4.78 is 28.6. The standard InChI is InChI=1S/C23H23ClN4O3S2/c24-20-7-6-19-12-23(32-21(19)13-20)33(30,31)28-11-10-26(22(29)16-28)15-18-4-2-17(3-5-18)14-25-27-8-1-9-27/h2-7,12-14H,1,8-11,15-16H2/b25-14+. The molecule has 0 spiro atoms. The zero-order chi connectivity index (χ0) is 23.0. The van der Waals surface area contributed by atoms with Crippen LogP contribution in [-0.2, 0) is 21.4 Å². The third-order valence-electron chi connectivity index (χ3n) is 5.89. The number of carbonyl (C=O) groups excluding carboxylic acids is 1. The maximum absolute atomic E-state index is 13.1. The van der Waals surface area contributed by atoms with Crippen LogP contribution in [0.4, 0.5) is 0 Å². The minimum atomic E-state index is -3.74.